The molecule has 2 aromatic rings. The fourth-order valence-electron chi connectivity index (χ4n) is 3.37. The van der Waals surface area contributed by atoms with Crippen molar-refractivity contribution in [1.29, 1.82) is 0 Å². The molecule has 3 rings (SSSR count). The third kappa shape index (κ3) is 4.83. The highest BCUT2D eigenvalue weighted by Gasteiger charge is 2.22. The molecule has 0 aliphatic carbocycles. The molecular weight excluding hydrogens is 327 g/mol. The van der Waals surface area contributed by atoms with E-state index in [1.807, 2.05) is 18.2 Å². The van der Waals surface area contributed by atoms with Crippen molar-refractivity contribution < 1.29 is 9.50 Å². The van der Waals surface area contributed by atoms with Crippen molar-refractivity contribution in [2.24, 2.45) is 5.41 Å². The number of halogens is 1. The number of nitrogens with one attached hydrogen (secondary N) is 1. The van der Waals surface area contributed by atoms with Crippen LogP contribution in [-0.4, -0.2) is 37.4 Å². The molecule has 26 heavy (non-hydrogen) atoms. The predicted octanol–water partition coefficient (Wildman–Crippen LogP) is 4.07. The Morgan fingerprint density at radius 2 is 1.73 bits per heavy atom. The van der Waals surface area contributed by atoms with Crippen LogP contribution in [0.5, 0.6) is 0 Å². The zero-order valence-corrected chi connectivity index (χ0v) is 15.7. The van der Waals surface area contributed by atoms with Gasteiger partial charge in [0, 0.05) is 43.4 Å². The molecule has 2 N–H and O–H groups in total. The van der Waals surface area contributed by atoms with Crippen LogP contribution in [-0.2, 0) is 0 Å². The third-order valence-electron chi connectivity index (χ3n) is 5.16. The van der Waals surface area contributed by atoms with Crippen LogP contribution in [0.25, 0.3) is 11.1 Å². The fourth-order valence-corrected chi connectivity index (χ4v) is 3.37. The summed E-state index contributed by atoms with van der Waals surface area (Å²) in [6.45, 7) is 7.20. The first-order valence-corrected chi connectivity index (χ1v) is 9.42. The SMILES string of the molecule is CC(C)(CO)CNC1CCN(c2cccc(-c3cccc(F)c3)c2)CC1. The number of rotatable bonds is 6. The highest BCUT2D eigenvalue weighted by molar-refractivity contribution is 5.68. The molecule has 1 fully saturated rings. The number of hydrogen-bond acceptors (Lipinski definition) is 3. The Morgan fingerprint density at radius 3 is 2.38 bits per heavy atom. The van der Waals surface area contributed by atoms with Gasteiger partial charge in [0.15, 0.2) is 0 Å². The summed E-state index contributed by atoms with van der Waals surface area (Å²) in [6.07, 6.45) is 2.18. The highest BCUT2D eigenvalue weighted by atomic mass is 19.1. The van der Waals surface area contributed by atoms with E-state index in [0.29, 0.717) is 6.04 Å². The number of aliphatic hydroxyl groups is 1. The molecule has 0 atom stereocenters. The molecule has 0 spiro atoms. The van der Waals surface area contributed by atoms with E-state index >= 15 is 0 Å². The Labute approximate surface area is 155 Å². The normalized spacial score (nSPS) is 16.1. The molecule has 140 valence electrons. The Morgan fingerprint density at radius 1 is 1.08 bits per heavy atom. The third-order valence-corrected chi connectivity index (χ3v) is 5.16. The van der Waals surface area contributed by atoms with E-state index in [-0.39, 0.29) is 17.8 Å². The molecule has 0 bridgehead atoms. The van der Waals surface area contributed by atoms with Crippen molar-refractivity contribution >= 4 is 5.69 Å². The number of hydrogen-bond donors (Lipinski definition) is 2. The second-order valence-corrected chi connectivity index (χ2v) is 8.03. The monoisotopic (exact) mass is 356 g/mol. The zero-order valence-electron chi connectivity index (χ0n) is 15.7. The van der Waals surface area contributed by atoms with E-state index in [4.69, 9.17) is 0 Å². The summed E-state index contributed by atoms with van der Waals surface area (Å²) >= 11 is 0. The Balaban J connectivity index is 1.61. The van der Waals surface area contributed by atoms with E-state index in [0.717, 1.165) is 43.6 Å². The average Bonchev–Trinajstić information content (AvgIpc) is 2.67. The van der Waals surface area contributed by atoms with Crippen molar-refractivity contribution in [3.63, 3.8) is 0 Å². The Bertz CT molecular complexity index is 724. The van der Waals surface area contributed by atoms with Gasteiger partial charge >= 0.3 is 0 Å². The second-order valence-electron chi connectivity index (χ2n) is 8.03. The number of nitrogens with zero attached hydrogens (tertiary/aromatic N) is 1. The van der Waals surface area contributed by atoms with Gasteiger partial charge in [-0.15, -0.1) is 0 Å². The lowest BCUT2D eigenvalue weighted by Gasteiger charge is -2.35. The largest absolute Gasteiger partial charge is 0.396 e. The van der Waals surface area contributed by atoms with Gasteiger partial charge in [0.25, 0.3) is 0 Å². The maximum Gasteiger partial charge on any atom is 0.123 e. The second kappa shape index (κ2) is 8.19. The molecule has 1 aliphatic heterocycles. The minimum absolute atomic E-state index is 0.0730. The van der Waals surface area contributed by atoms with Crippen molar-refractivity contribution in [2.45, 2.75) is 32.7 Å². The van der Waals surface area contributed by atoms with Crippen LogP contribution in [0.15, 0.2) is 48.5 Å². The van der Waals surface area contributed by atoms with Gasteiger partial charge < -0.3 is 15.3 Å². The highest BCUT2D eigenvalue weighted by Crippen LogP contribution is 2.27. The molecule has 2 aromatic carbocycles. The minimum atomic E-state index is -0.203. The number of piperidine rings is 1. The molecule has 0 amide bonds. The predicted molar refractivity (Wildman–Crippen MR) is 106 cm³/mol. The van der Waals surface area contributed by atoms with Crippen molar-refractivity contribution in [2.75, 3.05) is 31.1 Å². The van der Waals surface area contributed by atoms with Crippen LogP contribution in [0.1, 0.15) is 26.7 Å². The first-order valence-electron chi connectivity index (χ1n) is 9.42. The topological polar surface area (TPSA) is 35.5 Å². The lowest BCUT2D eigenvalue weighted by molar-refractivity contribution is 0.151. The molecule has 0 aromatic heterocycles. The van der Waals surface area contributed by atoms with Gasteiger partial charge in [-0.1, -0.05) is 38.1 Å². The van der Waals surface area contributed by atoms with E-state index in [1.54, 1.807) is 12.1 Å². The van der Waals surface area contributed by atoms with Gasteiger partial charge in [-0.2, -0.15) is 0 Å². The van der Waals surface area contributed by atoms with Gasteiger partial charge in [0.1, 0.15) is 5.82 Å². The van der Waals surface area contributed by atoms with Crippen LogP contribution >= 0.6 is 0 Å². The first kappa shape index (κ1) is 18.9. The van der Waals surface area contributed by atoms with Gasteiger partial charge in [-0.3, -0.25) is 0 Å². The number of anilines is 1. The quantitative estimate of drug-likeness (QED) is 0.819. The van der Waals surface area contributed by atoms with Crippen LogP contribution in [0.3, 0.4) is 0 Å². The summed E-state index contributed by atoms with van der Waals surface area (Å²) in [5, 5.41) is 13.0. The summed E-state index contributed by atoms with van der Waals surface area (Å²) in [4.78, 5) is 2.40. The molecule has 3 nitrogen and oxygen atoms in total. The first-order chi connectivity index (χ1) is 12.5. The summed E-state index contributed by atoms with van der Waals surface area (Å²) in [5.74, 6) is -0.203. The fraction of sp³-hybridized carbons (Fsp3) is 0.455. The summed E-state index contributed by atoms with van der Waals surface area (Å²) in [5.41, 5.74) is 3.08. The van der Waals surface area contributed by atoms with Crippen LogP contribution < -0.4 is 10.2 Å². The summed E-state index contributed by atoms with van der Waals surface area (Å²) in [6, 6.07) is 15.6. The minimum Gasteiger partial charge on any atom is -0.396 e. The van der Waals surface area contributed by atoms with Crippen molar-refractivity contribution in [3.8, 4) is 11.1 Å². The Kier molecular flexibility index (Phi) is 5.94. The van der Waals surface area contributed by atoms with Crippen molar-refractivity contribution in [1.82, 2.24) is 5.32 Å². The molecule has 1 aliphatic rings. The molecule has 0 radical (unpaired) electrons. The molecule has 1 saturated heterocycles. The zero-order chi connectivity index (χ0) is 18.6. The summed E-state index contributed by atoms with van der Waals surface area (Å²) < 4.78 is 13.5. The number of benzene rings is 2. The Hall–Kier alpha value is -1.91. The van der Waals surface area contributed by atoms with E-state index in [9.17, 15) is 9.50 Å². The van der Waals surface area contributed by atoms with Gasteiger partial charge in [-0.25, -0.2) is 4.39 Å². The number of aliphatic hydroxyl groups excluding tert-OH is 1. The lowest BCUT2D eigenvalue weighted by atomic mass is 9.93. The van der Waals surface area contributed by atoms with Crippen LogP contribution in [0.2, 0.25) is 0 Å². The molecule has 0 saturated carbocycles. The molecule has 4 heteroatoms. The molecule has 1 heterocycles. The van der Waals surface area contributed by atoms with E-state index in [1.165, 1.54) is 11.8 Å². The van der Waals surface area contributed by atoms with Crippen LogP contribution in [0.4, 0.5) is 10.1 Å². The van der Waals surface area contributed by atoms with Gasteiger partial charge in [0.2, 0.25) is 0 Å². The average molecular weight is 356 g/mol. The van der Waals surface area contributed by atoms with Crippen molar-refractivity contribution in [3.05, 3.63) is 54.3 Å². The van der Waals surface area contributed by atoms with Gasteiger partial charge in [-0.05, 0) is 48.2 Å². The smallest absolute Gasteiger partial charge is 0.123 e. The maximum atomic E-state index is 13.5. The standard InChI is InChI=1S/C22H29FN2O/c1-22(2,16-26)15-24-20-9-11-25(12-10-20)21-8-4-6-18(14-21)17-5-3-7-19(23)13-17/h3-8,13-14,20,24,26H,9-12,15-16H2,1-2H3. The van der Waals surface area contributed by atoms with Crippen LogP contribution in [0, 0.1) is 11.2 Å². The molecular formula is C22H29FN2O. The molecule has 0 unspecified atom stereocenters. The van der Waals surface area contributed by atoms with E-state index < -0.39 is 0 Å². The van der Waals surface area contributed by atoms with Gasteiger partial charge in [0.05, 0.1) is 0 Å². The lowest BCUT2D eigenvalue weighted by Crippen LogP contribution is -2.45. The van der Waals surface area contributed by atoms with E-state index in [2.05, 4.69) is 36.2 Å². The summed E-state index contributed by atoms with van der Waals surface area (Å²) in [7, 11) is 0. The maximum absolute atomic E-state index is 13.5.